The number of nitrogens with zero attached hydrogens (tertiary/aromatic N) is 2. The zero-order valence-corrected chi connectivity index (χ0v) is 12.0. The van der Waals surface area contributed by atoms with Crippen molar-refractivity contribution in [2.45, 2.75) is 50.4 Å². The van der Waals surface area contributed by atoms with Crippen molar-refractivity contribution in [1.82, 2.24) is 15.1 Å². The number of urea groups is 1. The smallest absolute Gasteiger partial charge is 0.320 e. The molecule has 3 aliphatic heterocycles. The number of rotatable bonds is 1. The first-order valence-corrected chi connectivity index (χ1v) is 7.63. The van der Waals surface area contributed by atoms with Crippen molar-refractivity contribution in [3.05, 3.63) is 0 Å². The van der Waals surface area contributed by atoms with Gasteiger partial charge in [-0.05, 0) is 32.1 Å². The average Bonchev–Trinajstić information content (AvgIpc) is 3.14. The average molecular weight is 281 g/mol. The van der Waals surface area contributed by atoms with Crippen LogP contribution in [-0.2, 0) is 9.53 Å². The van der Waals surface area contributed by atoms with Gasteiger partial charge in [0.2, 0.25) is 5.91 Å². The molecule has 0 saturated carbocycles. The lowest BCUT2D eigenvalue weighted by Gasteiger charge is -2.36. The molecule has 0 aliphatic carbocycles. The van der Waals surface area contributed by atoms with Gasteiger partial charge in [0.25, 0.3) is 0 Å². The molecular weight excluding hydrogens is 258 g/mol. The summed E-state index contributed by atoms with van der Waals surface area (Å²) in [5.41, 5.74) is 0. The molecular formula is C14H23N3O3. The van der Waals surface area contributed by atoms with Crippen LogP contribution in [-0.4, -0.2) is 66.7 Å². The molecule has 3 aliphatic rings. The highest BCUT2D eigenvalue weighted by atomic mass is 16.5. The molecule has 0 aromatic heterocycles. The number of carbonyl (C=O) groups excluding carboxylic acids is 2. The minimum atomic E-state index is -0.344. The standard InChI is InChI=1S/C14H23N3O3/c1-15-13(18)12-5-4-10-11(20-12)6-9-17(10)14(19)16-7-2-3-8-16/h10-12H,2-9H2,1H3,(H,15,18)/t10-,11+,12-/m0/s1. The summed E-state index contributed by atoms with van der Waals surface area (Å²) in [4.78, 5) is 28.1. The zero-order chi connectivity index (χ0) is 14.1. The minimum absolute atomic E-state index is 0.0256. The van der Waals surface area contributed by atoms with Crippen molar-refractivity contribution in [2.75, 3.05) is 26.7 Å². The van der Waals surface area contributed by atoms with E-state index in [1.165, 1.54) is 0 Å². The Kier molecular flexibility index (Phi) is 3.83. The Balaban J connectivity index is 1.62. The van der Waals surface area contributed by atoms with E-state index in [-0.39, 0.29) is 30.2 Å². The normalized spacial score (nSPS) is 33.1. The Bertz CT molecular complexity index is 395. The Hall–Kier alpha value is -1.30. The molecule has 3 heterocycles. The number of ether oxygens (including phenoxy) is 1. The second-order valence-corrected chi connectivity index (χ2v) is 5.88. The number of hydrogen-bond acceptors (Lipinski definition) is 3. The summed E-state index contributed by atoms with van der Waals surface area (Å²) in [6.07, 6.45) is 4.32. The largest absolute Gasteiger partial charge is 0.363 e. The summed E-state index contributed by atoms with van der Waals surface area (Å²) >= 11 is 0. The lowest BCUT2D eigenvalue weighted by atomic mass is 9.99. The Morgan fingerprint density at radius 1 is 1.10 bits per heavy atom. The van der Waals surface area contributed by atoms with Gasteiger partial charge in [-0.3, -0.25) is 4.79 Å². The molecule has 3 rings (SSSR count). The van der Waals surface area contributed by atoms with E-state index in [2.05, 4.69) is 5.32 Å². The molecule has 6 nitrogen and oxygen atoms in total. The van der Waals surface area contributed by atoms with Crippen LogP contribution < -0.4 is 5.32 Å². The van der Waals surface area contributed by atoms with Crippen molar-refractivity contribution < 1.29 is 14.3 Å². The lowest BCUT2D eigenvalue weighted by molar-refractivity contribution is -0.142. The third kappa shape index (κ3) is 2.37. The van der Waals surface area contributed by atoms with Crippen molar-refractivity contribution in [2.24, 2.45) is 0 Å². The molecule has 3 amide bonds. The number of nitrogens with one attached hydrogen (secondary N) is 1. The molecule has 3 atom stereocenters. The Labute approximate surface area is 119 Å². The predicted molar refractivity (Wildman–Crippen MR) is 73.3 cm³/mol. The van der Waals surface area contributed by atoms with Crippen LogP contribution >= 0.6 is 0 Å². The number of amides is 3. The van der Waals surface area contributed by atoms with Crippen molar-refractivity contribution in [3.8, 4) is 0 Å². The van der Waals surface area contributed by atoms with E-state index in [1.54, 1.807) is 7.05 Å². The van der Waals surface area contributed by atoms with Crippen molar-refractivity contribution >= 4 is 11.9 Å². The van der Waals surface area contributed by atoms with Gasteiger partial charge in [0.1, 0.15) is 6.10 Å². The Morgan fingerprint density at radius 3 is 2.55 bits per heavy atom. The molecule has 0 bridgehead atoms. The Morgan fingerprint density at radius 2 is 1.85 bits per heavy atom. The highest BCUT2D eigenvalue weighted by Crippen LogP contribution is 2.32. The van der Waals surface area contributed by atoms with E-state index in [0.29, 0.717) is 6.42 Å². The van der Waals surface area contributed by atoms with Crippen LogP contribution in [0, 0.1) is 0 Å². The summed E-state index contributed by atoms with van der Waals surface area (Å²) < 4.78 is 5.88. The first kappa shape index (κ1) is 13.7. The van der Waals surface area contributed by atoms with E-state index in [9.17, 15) is 9.59 Å². The number of hydrogen-bond donors (Lipinski definition) is 1. The molecule has 0 radical (unpaired) electrons. The van der Waals surface area contributed by atoms with E-state index < -0.39 is 0 Å². The van der Waals surface area contributed by atoms with Gasteiger partial charge in [0.05, 0.1) is 12.1 Å². The summed E-state index contributed by atoms with van der Waals surface area (Å²) in [7, 11) is 1.63. The van der Waals surface area contributed by atoms with E-state index in [0.717, 1.165) is 45.3 Å². The summed E-state index contributed by atoms with van der Waals surface area (Å²) in [6.45, 7) is 2.52. The maximum absolute atomic E-state index is 12.5. The van der Waals surface area contributed by atoms with E-state index in [4.69, 9.17) is 4.74 Å². The van der Waals surface area contributed by atoms with Crippen molar-refractivity contribution in [3.63, 3.8) is 0 Å². The molecule has 1 N–H and O–H groups in total. The maximum Gasteiger partial charge on any atom is 0.320 e. The topological polar surface area (TPSA) is 61.9 Å². The van der Waals surface area contributed by atoms with Gasteiger partial charge in [-0.25, -0.2) is 4.79 Å². The SMILES string of the molecule is CNC(=O)[C@@H]1CC[C@H]2[C@@H](CCN2C(=O)N2CCCC2)O1. The van der Waals surface area contributed by atoms with Crippen LogP contribution in [0.15, 0.2) is 0 Å². The molecule has 3 fully saturated rings. The van der Waals surface area contributed by atoms with Gasteiger partial charge in [0, 0.05) is 26.7 Å². The molecule has 0 spiro atoms. The fourth-order valence-electron chi connectivity index (χ4n) is 3.61. The van der Waals surface area contributed by atoms with Crippen LogP contribution in [0.4, 0.5) is 4.79 Å². The van der Waals surface area contributed by atoms with Crippen LogP contribution in [0.1, 0.15) is 32.1 Å². The summed E-state index contributed by atoms with van der Waals surface area (Å²) in [5.74, 6) is -0.0484. The molecule has 112 valence electrons. The number of carbonyl (C=O) groups is 2. The molecule has 0 unspecified atom stereocenters. The summed E-state index contributed by atoms with van der Waals surface area (Å²) in [6, 6.07) is 0.320. The molecule has 20 heavy (non-hydrogen) atoms. The van der Waals surface area contributed by atoms with Crippen molar-refractivity contribution in [1.29, 1.82) is 0 Å². The van der Waals surface area contributed by atoms with Crippen LogP contribution in [0.25, 0.3) is 0 Å². The fourth-order valence-corrected chi connectivity index (χ4v) is 3.61. The molecule has 6 heteroatoms. The van der Waals surface area contributed by atoms with Crippen LogP contribution in [0.5, 0.6) is 0 Å². The van der Waals surface area contributed by atoms with Gasteiger partial charge in [-0.2, -0.15) is 0 Å². The molecule has 3 saturated heterocycles. The van der Waals surface area contributed by atoms with Gasteiger partial charge in [-0.15, -0.1) is 0 Å². The van der Waals surface area contributed by atoms with Gasteiger partial charge in [-0.1, -0.05) is 0 Å². The molecule has 0 aromatic carbocycles. The quantitative estimate of drug-likeness (QED) is 0.764. The second kappa shape index (κ2) is 5.60. The van der Waals surface area contributed by atoms with Gasteiger partial charge >= 0.3 is 6.03 Å². The van der Waals surface area contributed by atoms with E-state index in [1.807, 2.05) is 9.80 Å². The third-order valence-electron chi connectivity index (χ3n) is 4.71. The monoisotopic (exact) mass is 281 g/mol. The second-order valence-electron chi connectivity index (χ2n) is 5.88. The van der Waals surface area contributed by atoms with Crippen LogP contribution in [0.3, 0.4) is 0 Å². The predicted octanol–water partition coefficient (Wildman–Crippen LogP) is 0.570. The zero-order valence-electron chi connectivity index (χ0n) is 12.0. The minimum Gasteiger partial charge on any atom is -0.363 e. The lowest BCUT2D eigenvalue weighted by Crippen LogP contribution is -2.51. The third-order valence-corrected chi connectivity index (χ3v) is 4.71. The number of likely N-dealkylation sites (tertiary alicyclic amines) is 2. The van der Waals surface area contributed by atoms with Crippen LogP contribution in [0.2, 0.25) is 0 Å². The van der Waals surface area contributed by atoms with E-state index >= 15 is 0 Å². The number of fused-ring (bicyclic) bond motifs is 1. The maximum atomic E-state index is 12.5. The number of likely N-dealkylation sites (N-methyl/N-ethyl adjacent to an activating group) is 1. The highest BCUT2D eigenvalue weighted by molar-refractivity contribution is 5.80. The fraction of sp³-hybridized carbons (Fsp3) is 0.857. The van der Waals surface area contributed by atoms with Gasteiger partial charge < -0.3 is 19.9 Å². The highest BCUT2D eigenvalue weighted by Gasteiger charge is 2.44. The van der Waals surface area contributed by atoms with Gasteiger partial charge in [0.15, 0.2) is 0 Å². The first-order chi connectivity index (χ1) is 9.70. The molecule has 0 aromatic rings. The summed E-state index contributed by atoms with van der Waals surface area (Å²) in [5, 5.41) is 2.64. The first-order valence-electron chi connectivity index (χ1n) is 7.63.